The van der Waals surface area contributed by atoms with Crippen LogP contribution in [0.1, 0.15) is 31.2 Å². The van der Waals surface area contributed by atoms with Gasteiger partial charge in [-0.1, -0.05) is 23.7 Å². The van der Waals surface area contributed by atoms with E-state index < -0.39 is 0 Å². The number of halogens is 2. The molecule has 1 aliphatic carbocycles. The standard InChI is InChI=1S/C28H30ClFN4O2/c1-35-26-15-27(36-2)24(29)14-23(26)25-17-34-12-11-22(13-28(34)33-25)32-21-9-7-20(8-10-21)31-16-18-3-5-19(30)6-4-18/h3-6,11-15,17,20-21,31-32H,7-10,16H2,1-2H3/t20-,21+. The van der Waals surface area contributed by atoms with E-state index in [0.717, 1.165) is 60.4 Å². The molecule has 188 valence electrons. The van der Waals surface area contributed by atoms with E-state index in [0.29, 0.717) is 28.6 Å². The maximum Gasteiger partial charge on any atom is 0.141 e. The Morgan fingerprint density at radius 2 is 1.69 bits per heavy atom. The largest absolute Gasteiger partial charge is 0.496 e. The summed E-state index contributed by atoms with van der Waals surface area (Å²) < 4.78 is 25.9. The van der Waals surface area contributed by atoms with Gasteiger partial charge in [-0.3, -0.25) is 0 Å². The summed E-state index contributed by atoms with van der Waals surface area (Å²) in [5, 5.41) is 7.81. The first-order valence-electron chi connectivity index (χ1n) is 12.2. The Balaban J connectivity index is 1.21. The summed E-state index contributed by atoms with van der Waals surface area (Å²) in [6.07, 6.45) is 8.37. The van der Waals surface area contributed by atoms with Gasteiger partial charge in [0, 0.05) is 54.4 Å². The average Bonchev–Trinajstić information content (AvgIpc) is 3.32. The van der Waals surface area contributed by atoms with Gasteiger partial charge in [0.05, 0.1) is 24.9 Å². The fraction of sp³-hybridized carbons (Fsp3) is 0.321. The van der Waals surface area contributed by atoms with Crippen LogP contribution in [0.25, 0.3) is 16.9 Å². The molecular formula is C28H30ClFN4O2. The molecule has 0 atom stereocenters. The molecule has 1 aliphatic rings. The topological polar surface area (TPSA) is 59.8 Å². The first-order chi connectivity index (χ1) is 17.5. The fourth-order valence-electron chi connectivity index (χ4n) is 4.80. The van der Waals surface area contributed by atoms with E-state index in [1.54, 1.807) is 20.3 Å². The van der Waals surface area contributed by atoms with Crippen LogP contribution in [-0.4, -0.2) is 35.7 Å². The van der Waals surface area contributed by atoms with Crippen LogP contribution in [0.2, 0.25) is 5.02 Å². The Labute approximate surface area is 215 Å². The molecule has 2 heterocycles. The number of rotatable bonds is 8. The lowest BCUT2D eigenvalue weighted by atomic mass is 9.91. The monoisotopic (exact) mass is 508 g/mol. The zero-order valence-electron chi connectivity index (χ0n) is 20.4. The third kappa shape index (κ3) is 5.42. The number of methoxy groups -OCH3 is 2. The molecule has 8 heteroatoms. The maximum absolute atomic E-state index is 13.1. The molecule has 4 aromatic rings. The molecule has 0 unspecified atom stereocenters. The van der Waals surface area contributed by atoms with Crippen LogP contribution in [-0.2, 0) is 6.54 Å². The number of nitrogens with zero attached hydrogens (tertiary/aromatic N) is 2. The van der Waals surface area contributed by atoms with Crippen molar-refractivity contribution in [3.8, 4) is 22.8 Å². The molecule has 0 aliphatic heterocycles. The highest BCUT2D eigenvalue weighted by atomic mass is 35.5. The SMILES string of the molecule is COc1cc(OC)c(-c2cn3ccc(N[C@H]4CC[C@@H](NCc5ccc(F)cc5)CC4)cc3n2)cc1Cl. The number of benzene rings is 2. The Morgan fingerprint density at radius 1 is 0.972 bits per heavy atom. The van der Waals surface area contributed by atoms with Crippen LogP contribution in [0.4, 0.5) is 10.1 Å². The van der Waals surface area contributed by atoms with E-state index >= 15 is 0 Å². The Morgan fingerprint density at radius 3 is 2.42 bits per heavy atom. The third-order valence-electron chi connectivity index (χ3n) is 6.82. The maximum atomic E-state index is 13.1. The van der Waals surface area contributed by atoms with Crippen LogP contribution >= 0.6 is 11.6 Å². The van der Waals surface area contributed by atoms with Crippen molar-refractivity contribution in [2.45, 2.75) is 44.3 Å². The molecule has 0 amide bonds. The third-order valence-corrected chi connectivity index (χ3v) is 7.11. The van der Waals surface area contributed by atoms with E-state index in [2.05, 4.69) is 22.8 Å². The number of aromatic nitrogens is 2. The minimum atomic E-state index is -0.194. The van der Waals surface area contributed by atoms with Crippen molar-refractivity contribution in [3.63, 3.8) is 0 Å². The summed E-state index contributed by atoms with van der Waals surface area (Å²) in [5.74, 6) is 1.02. The van der Waals surface area contributed by atoms with Gasteiger partial charge in [-0.05, 0) is 55.5 Å². The highest BCUT2D eigenvalue weighted by molar-refractivity contribution is 6.32. The molecule has 6 nitrogen and oxygen atoms in total. The predicted octanol–water partition coefficient (Wildman–Crippen LogP) is 6.32. The molecule has 1 saturated carbocycles. The summed E-state index contributed by atoms with van der Waals surface area (Å²) in [4.78, 5) is 4.82. The highest BCUT2D eigenvalue weighted by Crippen LogP contribution is 2.38. The van der Waals surface area contributed by atoms with Crippen molar-refractivity contribution in [1.29, 1.82) is 0 Å². The first-order valence-corrected chi connectivity index (χ1v) is 12.5. The Kier molecular flexibility index (Phi) is 7.30. The van der Waals surface area contributed by atoms with Gasteiger partial charge in [0.2, 0.25) is 0 Å². The van der Waals surface area contributed by atoms with E-state index in [-0.39, 0.29) is 5.82 Å². The van der Waals surface area contributed by atoms with Gasteiger partial charge in [0.1, 0.15) is 23.0 Å². The minimum absolute atomic E-state index is 0.194. The fourth-order valence-corrected chi connectivity index (χ4v) is 5.04. The number of nitrogens with one attached hydrogen (secondary N) is 2. The normalized spacial score (nSPS) is 17.8. The van der Waals surface area contributed by atoms with Crippen LogP contribution in [0.3, 0.4) is 0 Å². The average molecular weight is 509 g/mol. The second-order valence-corrected chi connectivity index (χ2v) is 9.60. The van der Waals surface area contributed by atoms with Gasteiger partial charge in [-0.25, -0.2) is 9.37 Å². The number of hydrogen-bond donors (Lipinski definition) is 2. The molecule has 0 saturated heterocycles. The number of pyridine rings is 1. The van der Waals surface area contributed by atoms with Crippen molar-refractivity contribution in [2.24, 2.45) is 0 Å². The predicted molar refractivity (Wildman–Crippen MR) is 142 cm³/mol. The lowest BCUT2D eigenvalue weighted by Crippen LogP contribution is -2.36. The smallest absolute Gasteiger partial charge is 0.141 e. The molecule has 1 fully saturated rings. The van der Waals surface area contributed by atoms with E-state index in [1.807, 2.05) is 35.0 Å². The Bertz CT molecular complexity index is 1330. The number of fused-ring (bicyclic) bond motifs is 1. The Hall–Kier alpha value is -3.29. The lowest BCUT2D eigenvalue weighted by Gasteiger charge is -2.30. The summed E-state index contributed by atoms with van der Waals surface area (Å²) >= 11 is 6.36. The second kappa shape index (κ2) is 10.8. The van der Waals surface area contributed by atoms with Crippen LogP contribution < -0.4 is 20.1 Å². The molecule has 0 bridgehead atoms. The number of anilines is 1. The highest BCUT2D eigenvalue weighted by Gasteiger charge is 2.21. The molecule has 2 aromatic carbocycles. The van der Waals surface area contributed by atoms with E-state index in [1.165, 1.54) is 12.1 Å². The number of ether oxygens (including phenoxy) is 2. The summed E-state index contributed by atoms with van der Waals surface area (Å²) in [6, 6.07) is 15.4. The van der Waals surface area contributed by atoms with E-state index in [9.17, 15) is 4.39 Å². The molecule has 5 rings (SSSR count). The minimum Gasteiger partial charge on any atom is -0.496 e. The first kappa shape index (κ1) is 24.4. The lowest BCUT2D eigenvalue weighted by molar-refractivity contribution is 0.353. The van der Waals surface area contributed by atoms with Crippen molar-refractivity contribution < 1.29 is 13.9 Å². The molecule has 2 N–H and O–H groups in total. The molecule has 0 radical (unpaired) electrons. The van der Waals surface area contributed by atoms with Gasteiger partial charge in [0.15, 0.2) is 0 Å². The molecular weight excluding hydrogens is 479 g/mol. The van der Waals surface area contributed by atoms with Crippen LogP contribution in [0.5, 0.6) is 11.5 Å². The van der Waals surface area contributed by atoms with Crippen LogP contribution in [0, 0.1) is 5.82 Å². The zero-order chi connectivity index (χ0) is 25.1. The summed E-state index contributed by atoms with van der Waals surface area (Å²) in [7, 11) is 3.20. The van der Waals surface area contributed by atoms with Crippen molar-refractivity contribution in [3.05, 3.63) is 77.3 Å². The molecule has 2 aromatic heterocycles. The second-order valence-electron chi connectivity index (χ2n) is 9.19. The molecule has 36 heavy (non-hydrogen) atoms. The van der Waals surface area contributed by atoms with E-state index in [4.69, 9.17) is 26.1 Å². The van der Waals surface area contributed by atoms with Crippen molar-refractivity contribution >= 4 is 22.9 Å². The summed E-state index contributed by atoms with van der Waals surface area (Å²) in [6.45, 7) is 0.770. The van der Waals surface area contributed by atoms with Gasteiger partial charge in [-0.15, -0.1) is 0 Å². The number of hydrogen-bond acceptors (Lipinski definition) is 5. The van der Waals surface area contributed by atoms with Gasteiger partial charge in [0.25, 0.3) is 0 Å². The van der Waals surface area contributed by atoms with Gasteiger partial charge >= 0.3 is 0 Å². The van der Waals surface area contributed by atoms with Crippen molar-refractivity contribution in [1.82, 2.24) is 14.7 Å². The number of imidazole rings is 1. The van der Waals surface area contributed by atoms with Gasteiger partial charge in [-0.2, -0.15) is 0 Å². The quantitative estimate of drug-likeness (QED) is 0.291. The van der Waals surface area contributed by atoms with Gasteiger partial charge < -0.3 is 24.5 Å². The summed E-state index contributed by atoms with van der Waals surface area (Å²) in [5.41, 5.74) is 4.61. The zero-order valence-corrected chi connectivity index (χ0v) is 21.2. The van der Waals surface area contributed by atoms with Crippen molar-refractivity contribution in [2.75, 3.05) is 19.5 Å². The van der Waals surface area contributed by atoms with Crippen LogP contribution in [0.15, 0.2) is 60.9 Å². The molecule has 0 spiro atoms.